The number of rotatable bonds is 6. The maximum absolute atomic E-state index is 12.0. The van der Waals surface area contributed by atoms with E-state index in [0.717, 1.165) is 11.1 Å². The van der Waals surface area contributed by atoms with E-state index in [4.69, 9.17) is 0 Å². The molecule has 1 unspecified atom stereocenters. The summed E-state index contributed by atoms with van der Waals surface area (Å²) in [6.07, 6.45) is 0.502. The van der Waals surface area contributed by atoms with Crippen molar-refractivity contribution in [2.24, 2.45) is 5.18 Å². The highest BCUT2D eigenvalue weighted by molar-refractivity contribution is 5.81. The van der Waals surface area contributed by atoms with Crippen molar-refractivity contribution in [3.63, 3.8) is 0 Å². The number of hydrogen-bond acceptors (Lipinski definition) is 3. The second-order valence-corrected chi connectivity index (χ2v) is 4.44. The van der Waals surface area contributed by atoms with E-state index in [1.54, 1.807) is 0 Å². The number of hydrogen-bond donors (Lipinski definition) is 0. The molecule has 0 bridgehead atoms. The highest BCUT2D eigenvalue weighted by Crippen LogP contribution is 2.21. The summed E-state index contributed by atoms with van der Waals surface area (Å²) < 4.78 is 0. The van der Waals surface area contributed by atoms with Crippen molar-refractivity contribution in [3.05, 3.63) is 76.7 Å². The molecule has 0 aromatic heterocycles. The maximum Gasteiger partial charge on any atom is 0.139 e. The Bertz CT molecular complexity index is 537. The molecule has 3 nitrogen and oxygen atoms in total. The van der Waals surface area contributed by atoms with E-state index in [1.807, 2.05) is 60.7 Å². The minimum absolute atomic E-state index is 0.0275. The molecule has 0 aliphatic heterocycles. The predicted molar refractivity (Wildman–Crippen MR) is 74.7 cm³/mol. The van der Waals surface area contributed by atoms with E-state index in [9.17, 15) is 9.70 Å². The van der Waals surface area contributed by atoms with Crippen molar-refractivity contribution in [3.8, 4) is 0 Å². The van der Waals surface area contributed by atoms with E-state index in [-0.39, 0.29) is 12.2 Å². The van der Waals surface area contributed by atoms with Gasteiger partial charge < -0.3 is 0 Å². The summed E-state index contributed by atoms with van der Waals surface area (Å²) in [5.41, 5.74) is 1.75. The summed E-state index contributed by atoms with van der Waals surface area (Å²) >= 11 is 0. The van der Waals surface area contributed by atoms with Crippen molar-refractivity contribution in [1.82, 2.24) is 0 Å². The fourth-order valence-electron chi connectivity index (χ4n) is 2.00. The van der Waals surface area contributed by atoms with E-state index in [0.29, 0.717) is 6.42 Å². The van der Waals surface area contributed by atoms with Crippen molar-refractivity contribution in [2.75, 3.05) is 0 Å². The van der Waals surface area contributed by atoms with Crippen LogP contribution in [0.4, 0.5) is 0 Å². The Morgan fingerprint density at radius 1 is 0.947 bits per heavy atom. The molecule has 0 aliphatic carbocycles. The molecule has 0 fully saturated rings. The van der Waals surface area contributed by atoms with Crippen LogP contribution in [0.2, 0.25) is 0 Å². The molecule has 96 valence electrons. The van der Waals surface area contributed by atoms with Crippen LogP contribution in [0.5, 0.6) is 0 Å². The zero-order chi connectivity index (χ0) is 13.5. The Hall–Kier alpha value is -2.29. The smallest absolute Gasteiger partial charge is 0.139 e. The largest absolute Gasteiger partial charge is 0.299 e. The number of carbonyl (C=O) groups is 1. The fourth-order valence-corrected chi connectivity index (χ4v) is 2.00. The Labute approximate surface area is 112 Å². The Kier molecular flexibility index (Phi) is 4.56. The first-order valence-corrected chi connectivity index (χ1v) is 6.22. The van der Waals surface area contributed by atoms with Gasteiger partial charge in [-0.25, -0.2) is 0 Å². The average molecular weight is 253 g/mol. The van der Waals surface area contributed by atoms with Crippen molar-refractivity contribution >= 4 is 5.78 Å². The molecule has 3 heteroatoms. The molecule has 0 amide bonds. The highest BCUT2D eigenvalue weighted by Gasteiger charge is 2.16. The number of benzene rings is 2. The van der Waals surface area contributed by atoms with E-state index in [2.05, 4.69) is 5.18 Å². The molecule has 2 aromatic carbocycles. The SMILES string of the molecule is O=NC(CC(=O)Cc1ccccc1)c1ccccc1. The van der Waals surface area contributed by atoms with Crippen LogP contribution >= 0.6 is 0 Å². The van der Waals surface area contributed by atoms with Gasteiger partial charge in [0.1, 0.15) is 11.8 Å². The molecule has 0 heterocycles. The number of ketones is 1. The number of carbonyl (C=O) groups excluding carboxylic acids is 1. The van der Waals surface area contributed by atoms with Gasteiger partial charge in [-0.05, 0) is 11.1 Å². The lowest BCUT2D eigenvalue weighted by Gasteiger charge is -2.08. The summed E-state index contributed by atoms with van der Waals surface area (Å²) in [4.78, 5) is 22.8. The average Bonchev–Trinajstić information content (AvgIpc) is 2.47. The minimum Gasteiger partial charge on any atom is -0.299 e. The monoisotopic (exact) mass is 253 g/mol. The van der Waals surface area contributed by atoms with Gasteiger partial charge in [0.05, 0.1) is 0 Å². The molecular weight excluding hydrogens is 238 g/mol. The molecule has 19 heavy (non-hydrogen) atoms. The van der Waals surface area contributed by atoms with Crippen LogP contribution in [0.1, 0.15) is 23.6 Å². The molecule has 0 radical (unpaired) electrons. The highest BCUT2D eigenvalue weighted by atomic mass is 16.3. The van der Waals surface area contributed by atoms with Crippen LogP contribution in [-0.4, -0.2) is 5.78 Å². The van der Waals surface area contributed by atoms with E-state index >= 15 is 0 Å². The fraction of sp³-hybridized carbons (Fsp3) is 0.188. The molecule has 2 rings (SSSR count). The van der Waals surface area contributed by atoms with Gasteiger partial charge in [-0.2, -0.15) is 4.91 Å². The first-order chi connectivity index (χ1) is 9.29. The Morgan fingerprint density at radius 3 is 2.11 bits per heavy atom. The van der Waals surface area contributed by atoms with Crippen molar-refractivity contribution in [2.45, 2.75) is 18.9 Å². The van der Waals surface area contributed by atoms with Crippen LogP contribution in [0, 0.1) is 4.91 Å². The summed E-state index contributed by atoms with van der Waals surface area (Å²) in [6, 6.07) is 18.1. The zero-order valence-corrected chi connectivity index (χ0v) is 10.5. The lowest BCUT2D eigenvalue weighted by Crippen LogP contribution is -2.08. The van der Waals surface area contributed by atoms with E-state index in [1.165, 1.54) is 0 Å². The molecule has 0 saturated carbocycles. The van der Waals surface area contributed by atoms with Crippen LogP contribution in [0.25, 0.3) is 0 Å². The first kappa shape index (κ1) is 13.1. The molecule has 0 spiro atoms. The van der Waals surface area contributed by atoms with Gasteiger partial charge in [0.2, 0.25) is 0 Å². The molecular formula is C16H15NO2. The van der Waals surface area contributed by atoms with Gasteiger partial charge in [0, 0.05) is 12.8 Å². The Morgan fingerprint density at radius 2 is 1.53 bits per heavy atom. The van der Waals surface area contributed by atoms with Crippen LogP contribution in [0.15, 0.2) is 65.8 Å². The van der Waals surface area contributed by atoms with Gasteiger partial charge in [0.15, 0.2) is 0 Å². The minimum atomic E-state index is -0.586. The molecule has 2 aromatic rings. The quantitative estimate of drug-likeness (QED) is 0.737. The summed E-state index contributed by atoms with van der Waals surface area (Å²) in [6.45, 7) is 0. The lowest BCUT2D eigenvalue weighted by atomic mass is 9.99. The predicted octanol–water partition coefficient (Wildman–Crippen LogP) is 3.70. The molecule has 0 aliphatic rings. The number of Topliss-reactive ketones (excluding diaryl/α,β-unsaturated/α-hetero) is 1. The third-order valence-electron chi connectivity index (χ3n) is 2.98. The van der Waals surface area contributed by atoms with Gasteiger partial charge >= 0.3 is 0 Å². The van der Waals surface area contributed by atoms with Crippen molar-refractivity contribution in [1.29, 1.82) is 0 Å². The van der Waals surface area contributed by atoms with Crippen LogP contribution in [-0.2, 0) is 11.2 Å². The topological polar surface area (TPSA) is 46.5 Å². The molecule has 0 saturated heterocycles. The van der Waals surface area contributed by atoms with Crippen LogP contribution < -0.4 is 0 Å². The standard InChI is InChI=1S/C16H15NO2/c18-15(11-13-7-3-1-4-8-13)12-16(17-19)14-9-5-2-6-10-14/h1-10,16H,11-12H2. The van der Waals surface area contributed by atoms with Gasteiger partial charge in [-0.1, -0.05) is 65.8 Å². The molecule has 0 N–H and O–H groups in total. The van der Waals surface area contributed by atoms with E-state index < -0.39 is 6.04 Å². The maximum atomic E-state index is 12.0. The normalized spacial score (nSPS) is 11.8. The second kappa shape index (κ2) is 6.59. The third-order valence-corrected chi connectivity index (χ3v) is 2.98. The van der Waals surface area contributed by atoms with Gasteiger partial charge in [-0.15, -0.1) is 0 Å². The number of nitrogens with zero attached hydrogens (tertiary/aromatic N) is 1. The summed E-state index contributed by atoms with van der Waals surface area (Å²) in [7, 11) is 0. The second-order valence-electron chi connectivity index (χ2n) is 4.44. The number of nitroso groups, excluding NO2 is 1. The first-order valence-electron chi connectivity index (χ1n) is 6.22. The Balaban J connectivity index is 1.99. The van der Waals surface area contributed by atoms with Gasteiger partial charge in [-0.3, -0.25) is 4.79 Å². The summed E-state index contributed by atoms with van der Waals surface area (Å²) in [5.74, 6) is 0.0275. The van der Waals surface area contributed by atoms with Crippen LogP contribution in [0.3, 0.4) is 0 Å². The lowest BCUT2D eigenvalue weighted by molar-refractivity contribution is -0.118. The molecule has 1 atom stereocenters. The van der Waals surface area contributed by atoms with Gasteiger partial charge in [0.25, 0.3) is 0 Å². The summed E-state index contributed by atoms with van der Waals surface area (Å²) in [5, 5.41) is 3.07. The van der Waals surface area contributed by atoms with Crippen molar-refractivity contribution < 1.29 is 4.79 Å². The third kappa shape index (κ3) is 3.85. The zero-order valence-electron chi connectivity index (χ0n) is 10.5.